The number of halogens is 3. The number of anilines is 1. The van der Waals surface area contributed by atoms with E-state index in [1.807, 2.05) is 11.7 Å². The second-order valence-electron chi connectivity index (χ2n) is 7.03. The van der Waals surface area contributed by atoms with E-state index in [-0.39, 0.29) is 11.5 Å². The van der Waals surface area contributed by atoms with Crippen molar-refractivity contribution in [3.63, 3.8) is 0 Å². The summed E-state index contributed by atoms with van der Waals surface area (Å²) in [6.45, 7) is 2.32. The highest BCUT2D eigenvalue weighted by Crippen LogP contribution is 2.40. The van der Waals surface area contributed by atoms with Gasteiger partial charge in [-0.15, -0.1) is 0 Å². The summed E-state index contributed by atoms with van der Waals surface area (Å²) in [4.78, 5) is 19.8. The fourth-order valence-corrected chi connectivity index (χ4v) is 3.36. The fraction of sp³-hybridized carbons (Fsp3) is 0.500. The molecule has 1 aliphatic carbocycles. The Hall–Kier alpha value is -2.58. The molecule has 2 fully saturated rings. The Labute approximate surface area is 154 Å². The molecule has 1 amide bonds. The molecule has 1 saturated carbocycles. The summed E-state index contributed by atoms with van der Waals surface area (Å²) in [6.07, 6.45) is -1.12. The number of piperazine rings is 1. The number of hydrogen-bond acceptors (Lipinski definition) is 4. The molecule has 4 rings (SSSR count). The lowest BCUT2D eigenvalue weighted by molar-refractivity contribution is -0.141. The third-order valence-electron chi connectivity index (χ3n) is 5.06. The summed E-state index contributed by atoms with van der Waals surface area (Å²) >= 11 is 0. The normalized spacial score (nSPS) is 18.1. The molecule has 27 heavy (non-hydrogen) atoms. The zero-order valence-corrected chi connectivity index (χ0v) is 14.9. The largest absolute Gasteiger partial charge is 0.433 e. The van der Waals surface area contributed by atoms with Crippen molar-refractivity contribution in [2.45, 2.75) is 24.9 Å². The zero-order chi connectivity index (χ0) is 19.2. The third kappa shape index (κ3) is 3.63. The van der Waals surface area contributed by atoms with Crippen LogP contribution in [0.4, 0.5) is 19.0 Å². The van der Waals surface area contributed by atoms with Crippen LogP contribution in [0.15, 0.2) is 24.4 Å². The van der Waals surface area contributed by atoms with Crippen LogP contribution >= 0.6 is 0 Å². The van der Waals surface area contributed by atoms with Gasteiger partial charge in [0.25, 0.3) is 5.91 Å². The average Bonchev–Trinajstić information content (AvgIpc) is 3.43. The Bertz CT molecular complexity index is 834. The van der Waals surface area contributed by atoms with E-state index in [2.05, 4.69) is 21.0 Å². The second-order valence-corrected chi connectivity index (χ2v) is 7.03. The van der Waals surface area contributed by atoms with Gasteiger partial charge in [-0.3, -0.25) is 14.5 Å². The quantitative estimate of drug-likeness (QED) is 0.823. The lowest BCUT2D eigenvalue weighted by Gasteiger charge is -2.35. The topological polar surface area (TPSA) is 54.3 Å². The maximum atomic E-state index is 12.6. The van der Waals surface area contributed by atoms with Gasteiger partial charge in [-0.2, -0.15) is 18.3 Å². The molecule has 0 spiro atoms. The van der Waals surface area contributed by atoms with Gasteiger partial charge in [-0.25, -0.2) is 0 Å². The third-order valence-corrected chi connectivity index (χ3v) is 5.06. The smallest absolute Gasteiger partial charge is 0.353 e. The minimum Gasteiger partial charge on any atom is -0.353 e. The van der Waals surface area contributed by atoms with Gasteiger partial charge >= 0.3 is 6.18 Å². The Morgan fingerprint density at radius 3 is 2.41 bits per heavy atom. The molecule has 2 aromatic heterocycles. The summed E-state index contributed by atoms with van der Waals surface area (Å²) in [5.74, 6) is 1.33. The molecule has 0 aromatic carbocycles. The Balaban J connectivity index is 1.39. The van der Waals surface area contributed by atoms with Crippen LogP contribution in [-0.2, 0) is 13.2 Å². The van der Waals surface area contributed by atoms with E-state index >= 15 is 0 Å². The van der Waals surface area contributed by atoms with Crippen molar-refractivity contribution < 1.29 is 18.0 Å². The molecule has 6 nitrogen and oxygen atoms in total. The summed E-state index contributed by atoms with van der Waals surface area (Å²) in [5.41, 5.74) is 0.307. The fourth-order valence-electron chi connectivity index (χ4n) is 3.36. The van der Waals surface area contributed by atoms with Crippen molar-refractivity contribution >= 4 is 11.7 Å². The van der Waals surface area contributed by atoms with Crippen LogP contribution in [0.1, 0.15) is 40.5 Å². The average molecular weight is 379 g/mol. The van der Waals surface area contributed by atoms with E-state index in [9.17, 15) is 18.0 Å². The van der Waals surface area contributed by atoms with Gasteiger partial charge < -0.3 is 9.80 Å². The summed E-state index contributed by atoms with van der Waals surface area (Å²) < 4.78 is 39.7. The molecular weight excluding hydrogens is 359 g/mol. The number of alkyl halides is 3. The van der Waals surface area contributed by atoms with Gasteiger partial charge in [0.05, 0.1) is 11.3 Å². The molecule has 0 radical (unpaired) electrons. The number of pyridine rings is 1. The number of nitrogens with zero attached hydrogens (tertiary/aromatic N) is 5. The van der Waals surface area contributed by atoms with Gasteiger partial charge in [0, 0.05) is 51.4 Å². The van der Waals surface area contributed by atoms with E-state index in [1.165, 1.54) is 18.9 Å². The first kappa shape index (κ1) is 17.8. The molecule has 1 saturated heterocycles. The second kappa shape index (κ2) is 6.54. The van der Waals surface area contributed by atoms with Gasteiger partial charge in [-0.1, -0.05) is 0 Å². The highest BCUT2D eigenvalue weighted by atomic mass is 19.4. The first-order chi connectivity index (χ1) is 12.8. The number of rotatable bonds is 3. The van der Waals surface area contributed by atoms with E-state index in [1.54, 1.807) is 4.90 Å². The van der Waals surface area contributed by atoms with Crippen LogP contribution in [-0.4, -0.2) is 51.8 Å². The molecular formula is C18H20F3N5O. The van der Waals surface area contributed by atoms with Crippen LogP contribution in [0.25, 0.3) is 0 Å². The predicted octanol–water partition coefficient (Wildman–Crippen LogP) is 2.67. The molecule has 0 unspecified atom stereocenters. The molecule has 0 atom stereocenters. The molecule has 2 aromatic rings. The van der Waals surface area contributed by atoms with Crippen LogP contribution in [0, 0.1) is 0 Å². The lowest BCUT2D eigenvalue weighted by Crippen LogP contribution is -2.49. The molecule has 2 aliphatic rings. The van der Waals surface area contributed by atoms with Gasteiger partial charge in [-0.05, 0) is 25.0 Å². The van der Waals surface area contributed by atoms with E-state index in [4.69, 9.17) is 0 Å². The van der Waals surface area contributed by atoms with Crippen molar-refractivity contribution in [2.24, 2.45) is 7.05 Å². The number of aromatic nitrogens is 3. The molecule has 3 heterocycles. The van der Waals surface area contributed by atoms with Crippen molar-refractivity contribution in [3.8, 4) is 0 Å². The van der Waals surface area contributed by atoms with Crippen molar-refractivity contribution in [3.05, 3.63) is 41.3 Å². The molecule has 9 heteroatoms. The number of amides is 1. The summed E-state index contributed by atoms with van der Waals surface area (Å²) in [6, 6.07) is 4.15. The molecule has 144 valence electrons. The summed E-state index contributed by atoms with van der Waals surface area (Å²) in [7, 11) is 1.92. The van der Waals surface area contributed by atoms with E-state index in [0.717, 1.165) is 23.8 Å². The number of carbonyl (C=O) groups excluding carboxylic acids is 1. The maximum Gasteiger partial charge on any atom is 0.433 e. The number of carbonyl (C=O) groups is 1. The Kier molecular flexibility index (Phi) is 4.32. The van der Waals surface area contributed by atoms with E-state index < -0.39 is 11.9 Å². The van der Waals surface area contributed by atoms with Gasteiger partial charge in [0.2, 0.25) is 0 Å². The summed E-state index contributed by atoms with van der Waals surface area (Å²) in [5, 5.41) is 4.57. The monoisotopic (exact) mass is 379 g/mol. The standard InChI is InChI=1S/C18H20F3N5O/c1-24-16(10-14(23-24)12-2-3-12)25-6-8-26(9-7-25)17(27)13-4-5-15(22-11-13)18(19,20)21/h4-5,10-12H,2-3,6-9H2,1H3. The highest BCUT2D eigenvalue weighted by molar-refractivity contribution is 5.94. The Morgan fingerprint density at radius 2 is 1.85 bits per heavy atom. The molecule has 1 aliphatic heterocycles. The first-order valence-electron chi connectivity index (χ1n) is 8.94. The van der Waals surface area contributed by atoms with Gasteiger partial charge in [0.1, 0.15) is 11.5 Å². The minimum atomic E-state index is -4.50. The van der Waals surface area contributed by atoms with E-state index in [0.29, 0.717) is 32.1 Å². The Morgan fingerprint density at radius 1 is 1.15 bits per heavy atom. The van der Waals surface area contributed by atoms with Gasteiger partial charge in [0.15, 0.2) is 0 Å². The van der Waals surface area contributed by atoms with Crippen LogP contribution in [0.5, 0.6) is 0 Å². The number of aryl methyl sites for hydroxylation is 1. The predicted molar refractivity (Wildman–Crippen MR) is 92.5 cm³/mol. The first-order valence-corrected chi connectivity index (χ1v) is 8.94. The van der Waals surface area contributed by atoms with Crippen LogP contribution < -0.4 is 4.90 Å². The minimum absolute atomic E-state index is 0.174. The SMILES string of the molecule is Cn1nc(C2CC2)cc1N1CCN(C(=O)c2ccc(C(F)(F)F)nc2)CC1. The van der Waals surface area contributed by atoms with Crippen LogP contribution in [0.2, 0.25) is 0 Å². The maximum absolute atomic E-state index is 12.6. The highest BCUT2D eigenvalue weighted by Gasteiger charge is 2.33. The van der Waals surface area contributed by atoms with Crippen molar-refractivity contribution in [1.29, 1.82) is 0 Å². The lowest BCUT2D eigenvalue weighted by atomic mass is 10.2. The molecule has 0 N–H and O–H groups in total. The van der Waals surface area contributed by atoms with Crippen molar-refractivity contribution in [1.82, 2.24) is 19.7 Å². The number of hydrogen-bond donors (Lipinski definition) is 0. The zero-order valence-electron chi connectivity index (χ0n) is 14.9. The van der Waals surface area contributed by atoms with Crippen molar-refractivity contribution in [2.75, 3.05) is 31.1 Å². The van der Waals surface area contributed by atoms with Crippen LogP contribution in [0.3, 0.4) is 0 Å². The molecule has 0 bridgehead atoms.